The third-order valence-electron chi connectivity index (χ3n) is 3.07. The van der Waals surface area contributed by atoms with E-state index in [2.05, 4.69) is 38.2 Å². The molecule has 0 fully saturated rings. The van der Waals surface area contributed by atoms with Gasteiger partial charge in [-0.2, -0.15) is 0 Å². The van der Waals surface area contributed by atoms with E-state index in [0.717, 1.165) is 37.2 Å². The molecule has 0 unspecified atom stereocenters. The topological polar surface area (TPSA) is 9.23 Å². The zero-order valence-electron chi connectivity index (χ0n) is 16.3. The summed E-state index contributed by atoms with van der Waals surface area (Å²) in [5.41, 5.74) is 0. The second kappa shape index (κ2) is 18.1. The van der Waals surface area contributed by atoms with Crippen LogP contribution in [0.1, 0.15) is 53.4 Å². The van der Waals surface area contributed by atoms with Crippen molar-refractivity contribution >= 4 is 0 Å². The van der Waals surface area contributed by atoms with Crippen molar-refractivity contribution in [2.75, 3.05) is 0 Å². The lowest BCUT2D eigenvalue weighted by Gasteiger charge is -2.06. The quantitative estimate of drug-likeness (QED) is 0.261. The van der Waals surface area contributed by atoms with Crippen LogP contribution in [0.5, 0.6) is 0 Å². The van der Waals surface area contributed by atoms with Crippen LogP contribution >= 0.6 is 0 Å². The fourth-order valence-electron chi connectivity index (χ4n) is 1.76. The van der Waals surface area contributed by atoms with Crippen LogP contribution in [-0.4, -0.2) is 0 Å². The molecule has 0 atom stereocenters. The Morgan fingerprint density at radius 3 is 1.44 bits per heavy atom. The van der Waals surface area contributed by atoms with Gasteiger partial charge in [-0.15, -0.1) is 0 Å². The Morgan fingerprint density at radius 1 is 0.640 bits per heavy atom. The molecule has 0 radical (unpaired) electrons. The fourth-order valence-corrected chi connectivity index (χ4v) is 1.76. The number of allylic oxidation sites excluding steroid dienone is 14. The largest absolute Gasteiger partial charge is 0.457 e. The molecule has 1 heteroatoms. The molecule has 0 aromatic carbocycles. The molecule has 0 saturated heterocycles. The van der Waals surface area contributed by atoms with E-state index in [1.54, 1.807) is 0 Å². The van der Waals surface area contributed by atoms with Gasteiger partial charge in [0, 0.05) is 0 Å². The first-order valence-electron chi connectivity index (χ1n) is 9.28. The maximum Gasteiger partial charge on any atom is 0.127 e. The number of rotatable bonds is 12. The van der Waals surface area contributed by atoms with Crippen molar-refractivity contribution in [3.05, 3.63) is 96.6 Å². The van der Waals surface area contributed by atoms with Crippen LogP contribution in [0.15, 0.2) is 96.6 Å². The van der Waals surface area contributed by atoms with Gasteiger partial charge in [0.05, 0.1) is 0 Å². The van der Waals surface area contributed by atoms with Crippen LogP contribution in [0, 0.1) is 0 Å². The van der Waals surface area contributed by atoms with Crippen LogP contribution in [0.3, 0.4) is 0 Å². The van der Waals surface area contributed by atoms with Crippen molar-refractivity contribution in [1.29, 1.82) is 0 Å². The van der Waals surface area contributed by atoms with Crippen LogP contribution in [0.4, 0.5) is 0 Å². The summed E-state index contributed by atoms with van der Waals surface area (Å²) in [7, 11) is 0. The molecule has 0 amide bonds. The zero-order chi connectivity index (χ0) is 18.6. The standard InChI is InChI=1S/C24H34O/c1-5-9-13-17-21-23(19-15-11-7-3)25-24(20-16-12-8-4)22-18-14-10-6-2/h7-8,11-22H,5-6,9-10H2,1-4H3. The lowest BCUT2D eigenvalue weighted by Crippen LogP contribution is -1.88. The second-order valence-electron chi connectivity index (χ2n) is 5.44. The first kappa shape index (κ1) is 22.7. The molecule has 0 N–H and O–H groups in total. The molecule has 0 rings (SSSR count). The maximum atomic E-state index is 6.08. The molecule has 0 spiro atoms. The summed E-state index contributed by atoms with van der Waals surface area (Å²) >= 11 is 0. The Bertz CT molecular complexity index is 499. The molecule has 0 saturated carbocycles. The first-order chi connectivity index (χ1) is 12.3. The maximum absolute atomic E-state index is 6.08. The van der Waals surface area contributed by atoms with Crippen molar-refractivity contribution in [2.45, 2.75) is 53.4 Å². The van der Waals surface area contributed by atoms with E-state index in [9.17, 15) is 0 Å². The minimum Gasteiger partial charge on any atom is -0.457 e. The molecule has 0 aliphatic rings. The number of unbranched alkanes of at least 4 members (excludes halogenated alkanes) is 2. The molecular formula is C24H34O. The van der Waals surface area contributed by atoms with Crippen molar-refractivity contribution in [2.24, 2.45) is 0 Å². The predicted molar refractivity (Wildman–Crippen MR) is 113 cm³/mol. The van der Waals surface area contributed by atoms with Crippen molar-refractivity contribution in [1.82, 2.24) is 0 Å². The molecule has 0 bridgehead atoms. The summed E-state index contributed by atoms with van der Waals surface area (Å²) in [6, 6.07) is 0. The van der Waals surface area contributed by atoms with E-state index >= 15 is 0 Å². The van der Waals surface area contributed by atoms with Crippen LogP contribution in [-0.2, 0) is 4.74 Å². The third-order valence-corrected chi connectivity index (χ3v) is 3.07. The summed E-state index contributed by atoms with van der Waals surface area (Å²) in [5, 5.41) is 0. The molecule has 0 aliphatic carbocycles. The van der Waals surface area contributed by atoms with Crippen molar-refractivity contribution in [3.63, 3.8) is 0 Å². The minimum absolute atomic E-state index is 0.811. The molecule has 0 heterocycles. The first-order valence-corrected chi connectivity index (χ1v) is 9.28. The van der Waals surface area contributed by atoms with Gasteiger partial charge in [0.25, 0.3) is 0 Å². The highest BCUT2D eigenvalue weighted by Crippen LogP contribution is 2.11. The average Bonchev–Trinajstić information content (AvgIpc) is 2.62. The summed E-state index contributed by atoms with van der Waals surface area (Å²) in [6.45, 7) is 8.35. The van der Waals surface area contributed by atoms with Gasteiger partial charge in [0.2, 0.25) is 0 Å². The van der Waals surface area contributed by atoms with Gasteiger partial charge < -0.3 is 4.74 Å². The summed E-state index contributed by atoms with van der Waals surface area (Å²) in [6.07, 6.45) is 32.8. The Labute approximate surface area is 155 Å². The Morgan fingerprint density at radius 2 is 1.08 bits per heavy atom. The van der Waals surface area contributed by atoms with Gasteiger partial charge in [0.1, 0.15) is 11.5 Å². The SMILES string of the molecule is CC=CC=CC(=CC=CCCC)OC(C=CC=CC)=CC=CCCC. The average molecular weight is 339 g/mol. The van der Waals surface area contributed by atoms with Gasteiger partial charge in [-0.3, -0.25) is 0 Å². The highest BCUT2D eigenvalue weighted by Gasteiger charge is 1.96. The van der Waals surface area contributed by atoms with Crippen molar-refractivity contribution < 1.29 is 4.74 Å². The van der Waals surface area contributed by atoms with Crippen LogP contribution in [0.2, 0.25) is 0 Å². The normalized spacial score (nSPS) is 14.6. The number of hydrogen-bond acceptors (Lipinski definition) is 1. The second-order valence-corrected chi connectivity index (χ2v) is 5.44. The molecule has 136 valence electrons. The van der Waals surface area contributed by atoms with Crippen molar-refractivity contribution in [3.8, 4) is 0 Å². The Kier molecular flexibility index (Phi) is 16.4. The van der Waals surface area contributed by atoms with E-state index in [-0.39, 0.29) is 0 Å². The van der Waals surface area contributed by atoms with E-state index in [0.29, 0.717) is 0 Å². The van der Waals surface area contributed by atoms with E-state index < -0.39 is 0 Å². The number of ether oxygens (including phenoxy) is 1. The van der Waals surface area contributed by atoms with E-state index in [4.69, 9.17) is 4.74 Å². The van der Waals surface area contributed by atoms with Crippen LogP contribution < -0.4 is 0 Å². The molecular weight excluding hydrogens is 304 g/mol. The van der Waals surface area contributed by atoms with E-state index in [1.165, 1.54) is 0 Å². The highest BCUT2D eigenvalue weighted by molar-refractivity contribution is 5.28. The zero-order valence-corrected chi connectivity index (χ0v) is 16.3. The Hall–Kier alpha value is -2.28. The Balaban J connectivity index is 5.31. The van der Waals surface area contributed by atoms with Gasteiger partial charge in [-0.1, -0.05) is 87.4 Å². The van der Waals surface area contributed by atoms with Gasteiger partial charge >= 0.3 is 0 Å². The molecule has 1 nitrogen and oxygen atoms in total. The summed E-state index contributed by atoms with van der Waals surface area (Å²) in [5.74, 6) is 1.62. The predicted octanol–water partition coefficient (Wildman–Crippen LogP) is 7.75. The van der Waals surface area contributed by atoms with Gasteiger partial charge in [0.15, 0.2) is 0 Å². The van der Waals surface area contributed by atoms with E-state index in [1.807, 2.05) is 74.6 Å². The molecule has 25 heavy (non-hydrogen) atoms. The summed E-state index contributed by atoms with van der Waals surface area (Å²) < 4.78 is 6.08. The summed E-state index contributed by atoms with van der Waals surface area (Å²) in [4.78, 5) is 0. The number of hydrogen-bond donors (Lipinski definition) is 0. The highest BCUT2D eigenvalue weighted by atomic mass is 16.5. The third kappa shape index (κ3) is 15.0. The van der Waals surface area contributed by atoms with Crippen LogP contribution in [0.25, 0.3) is 0 Å². The fraction of sp³-hybridized carbons (Fsp3) is 0.333. The molecule has 0 aromatic heterocycles. The van der Waals surface area contributed by atoms with Gasteiger partial charge in [-0.25, -0.2) is 0 Å². The monoisotopic (exact) mass is 338 g/mol. The molecule has 0 aromatic rings. The molecule has 0 aliphatic heterocycles. The lowest BCUT2D eigenvalue weighted by atomic mass is 10.2. The minimum atomic E-state index is 0.811. The smallest absolute Gasteiger partial charge is 0.127 e. The van der Waals surface area contributed by atoms with Gasteiger partial charge in [-0.05, 0) is 51.0 Å². The lowest BCUT2D eigenvalue weighted by molar-refractivity contribution is 0.336.